The molecule has 15 heavy (non-hydrogen) atoms. The van der Waals surface area contributed by atoms with Crippen molar-refractivity contribution in [3.63, 3.8) is 0 Å². The van der Waals surface area contributed by atoms with Gasteiger partial charge in [0.05, 0.1) is 0 Å². The smallest absolute Gasteiger partial charge is 0.0369 e. The van der Waals surface area contributed by atoms with Crippen molar-refractivity contribution < 1.29 is 0 Å². The second-order valence-electron chi connectivity index (χ2n) is 4.24. The number of likely N-dealkylation sites (N-methyl/N-ethyl adjacent to an activating group) is 1. The lowest BCUT2D eigenvalue weighted by Gasteiger charge is -2.22. The lowest BCUT2D eigenvalue weighted by molar-refractivity contribution is 0.815. The van der Waals surface area contributed by atoms with Crippen LogP contribution in [0.3, 0.4) is 0 Å². The molecule has 1 saturated carbocycles. The van der Waals surface area contributed by atoms with Gasteiger partial charge in [-0.1, -0.05) is 12.1 Å². The third-order valence-corrected chi connectivity index (χ3v) is 3.06. The van der Waals surface area contributed by atoms with Crippen molar-refractivity contribution in [2.45, 2.75) is 25.7 Å². The molecular formula is C13H20N2. The lowest BCUT2D eigenvalue weighted by atomic mass is 10.1. The van der Waals surface area contributed by atoms with Gasteiger partial charge in [0.2, 0.25) is 0 Å². The van der Waals surface area contributed by atoms with E-state index in [1.807, 2.05) is 0 Å². The third-order valence-electron chi connectivity index (χ3n) is 3.06. The van der Waals surface area contributed by atoms with E-state index in [9.17, 15) is 0 Å². The summed E-state index contributed by atoms with van der Waals surface area (Å²) >= 11 is 0. The molecular weight excluding hydrogens is 184 g/mol. The minimum atomic E-state index is 0.724. The molecule has 0 heterocycles. The van der Waals surface area contributed by atoms with Gasteiger partial charge in [-0.25, -0.2) is 0 Å². The number of nitrogens with zero attached hydrogens (tertiary/aromatic N) is 1. The number of rotatable bonds is 5. The van der Waals surface area contributed by atoms with Crippen molar-refractivity contribution in [1.82, 2.24) is 0 Å². The fourth-order valence-corrected chi connectivity index (χ4v) is 2.02. The van der Waals surface area contributed by atoms with E-state index in [0.29, 0.717) is 0 Å². The zero-order valence-electron chi connectivity index (χ0n) is 9.45. The highest BCUT2D eigenvalue weighted by Crippen LogP contribution is 2.40. The minimum Gasteiger partial charge on any atom is -0.371 e. The lowest BCUT2D eigenvalue weighted by Crippen LogP contribution is -2.29. The van der Waals surface area contributed by atoms with Crippen LogP contribution in [0.15, 0.2) is 24.3 Å². The monoisotopic (exact) mass is 204 g/mol. The van der Waals surface area contributed by atoms with Gasteiger partial charge >= 0.3 is 0 Å². The van der Waals surface area contributed by atoms with Gasteiger partial charge in [-0.2, -0.15) is 0 Å². The molecule has 0 unspecified atom stereocenters. The number of nitrogens with two attached hydrogens (primary N) is 1. The molecule has 0 aliphatic heterocycles. The first-order valence-electron chi connectivity index (χ1n) is 5.90. The van der Waals surface area contributed by atoms with E-state index in [0.717, 1.165) is 25.6 Å². The molecule has 0 aromatic heterocycles. The summed E-state index contributed by atoms with van der Waals surface area (Å²) in [6.07, 6.45) is 2.74. The number of hydrogen-bond donors (Lipinski definition) is 1. The van der Waals surface area contributed by atoms with Crippen LogP contribution in [0.1, 0.15) is 31.2 Å². The van der Waals surface area contributed by atoms with Crippen LogP contribution in [0.4, 0.5) is 5.69 Å². The van der Waals surface area contributed by atoms with Gasteiger partial charge in [0, 0.05) is 25.3 Å². The van der Waals surface area contributed by atoms with Crippen molar-refractivity contribution in [1.29, 1.82) is 0 Å². The molecule has 1 aromatic carbocycles. The fourth-order valence-electron chi connectivity index (χ4n) is 2.02. The van der Waals surface area contributed by atoms with E-state index in [1.165, 1.54) is 24.1 Å². The van der Waals surface area contributed by atoms with E-state index in [2.05, 4.69) is 36.1 Å². The zero-order valence-corrected chi connectivity index (χ0v) is 9.45. The number of benzene rings is 1. The summed E-state index contributed by atoms with van der Waals surface area (Å²) in [5.41, 5.74) is 8.44. The van der Waals surface area contributed by atoms with Crippen LogP contribution in [0.2, 0.25) is 0 Å². The highest BCUT2D eigenvalue weighted by atomic mass is 15.1. The molecule has 1 aliphatic carbocycles. The van der Waals surface area contributed by atoms with E-state index in [-0.39, 0.29) is 0 Å². The Kier molecular flexibility index (Phi) is 3.27. The van der Waals surface area contributed by atoms with Gasteiger partial charge in [-0.05, 0) is 43.4 Å². The molecule has 2 N–H and O–H groups in total. The van der Waals surface area contributed by atoms with Gasteiger partial charge in [-0.3, -0.25) is 0 Å². The maximum absolute atomic E-state index is 5.61. The third kappa shape index (κ3) is 2.51. The largest absolute Gasteiger partial charge is 0.371 e. The summed E-state index contributed by atoms with van der Waals surface area (Å²) in [6, 6.07) is 8.93. The number of anilines is 1. The topological polar surface area (TPSA) is 29.3 Å². The van der Waals surface area contributed by atoms with Gasteiger partial charge in [0.25, 0.3) is 0 Å². The Hall–Kier alpha value is -1.02. The highest BCUT2D eigenvalue weighted by molar-refractivity contribution is 5.49. The highest BCUT2D eigenvalue weighted by Gasteiger charge is 2.23. The maximum Gasteiger partial charge on any atom is 0.0369 e. The standard InChI is InChI=1S/C13H20N2/c1-2-15(9-8-14)13-5-3-4-12(10-13)11-6-7-11/h3-5,10-11H,2,6-9,14H2,1H3. The Labute approximate surface area is 92.1 Å². The number of hydrogen-bond acceptors (Lipinski definition) is 2. The summed E-state index contributed by atoms with van der Waals surface area (Å²) in [6.45, 7) is 4.89. The van der Waals surface area contributed by atoms with Crippen molar-refractivity contribution in [3.8, 4) is 0 Å². The predicted molar refractivity (Wildman–Crippen MR) is 65.4 cm³/mol. The van der Waals surface area contributed by atoms with Gasteiger partial charge in [0.1, 0.15) is 0 Å². The second-order valence-corrected chi connectivity index (χ2v) is 4.24. The summed E-state index contributed by atoms with van der Waals surface area (Å²) in [5, 5.41) is 0. The summed E-state index contributed by atoms with van der Waals surface area (Å²) < 4.78 is 0. The molecule has 2 nitrogen and oxygen atoms in total. The molecule has 2 heteroatoms. The molecule has 0 radical (unpaired) electrons. The van der Waals surface area contributed by atoms with Crippen LogP contribution < -0.4 is 10.6 Å². The second kappa shape index (κ2) is 4.67. The molecule has 0 saturated heterocycles. The first kappa shape index (κ1) is 10.5. The molecule has 1 fully saturated rings. The Morgan fingerprint density at radius 3 is 2.80 bits per heavy atom. The van der Waals surface area contributed by atoms with Gasteiger partial charge < -0.3 is 10.6 Å². The molecule has 1 aliphatic rings. The molecule has 82 valence electrons. The van der Waals surface area contributed by atoms with Gasteiger partial charge in [0.15, 0.2) is 0 Å². The predicted octanol–water partition coefficient (Wildman–Crippen LogP) is 2.35. The Bertz CT molecular complexity index is 318. The molecule has 0 atom stereocenters. The van der Waals surface area contributed by atoms with E-state index in [1.54, 1.807) is 0 Å². The van der Waals surface area contributed by atoms with Crippen molar-refractivity contribution in [2.75, 3.05) is 24.5 Å². The van der Waals surface area contributed by atoms with Crippen LogP contribution in [0, 0.1) is 0 Å². The Morgan fingerprint density at radius 1 is 1.40 bits per heavy atom. The van der Waals surface area contributed by atoms with E-state index < -0.39 is 0 Å². The normalized spacial score (nSPS) is 15.3. The van der Waals surface area contributed by atoms with Crippen LogP contribution in [-0.4, -0.2) is 19.6 Å². The molecule has 0 bridgehead atoms. The Morgan fingerprint density at radius 2 is 2.20 bits per heavy atom. The maximum atomic E-state index is 5.61. The van der Waals surface area contributed by atoms with Crippen LogP contribution >= 0.6 is 0 Å². The zero-order chi connectivity index (χ0) is 10.7. The quantitative estimate of drug-likeness (QED) is 0.797. The van der Waals surface area contributed by atoms with Crippen molar-refractivity contribution >= 4 is 5.69 Å². The average Bonchev–Trinajstić information content (AvgIpc) is 3.10. The summed E-state index contributed by atoms with van der Waals surface area (Å²) in [5.74, 6) is 0.835. The first-order valence-corrected chi connectivity index (χ1v) is 5.90. The minimum absolute atomic E-state index is 0.724. The summed E-state index contributed by atoms with van der Waals surface area (Å²) in [7, 11) is 0. The van der Waals surface area contributed by atoms with Crippen LogP contribution in [0.5, 0.6) is 0 Å². The summed E-state index contributed by atoms with van der Waals surface area (Å²) in [4.78, 5) is 2.34. The Balaban J connectivity index is 2.14. The molecule has 0 amide bonds. The molecule has 2 rings (SSSR count). The van der Waals surface area contributed by atoms with Crippen LogP contribution in [0.25, 0.3) is 0 Å². The molecule has 0 spiro atoms. The first-order chi connectivity index (χ1) is 7.35. The SMILES string of the molecule is CCN(CCN)c1cccc(C2CC2)c1. The van der Waals surface area contributed by atoms with E-state index >= 15 is 0 Å². The van der Waals surface area contributed by atoms with Gasteiger partial charge in [-0.15, -0.1) is 0 Å². The van der Waals surface area contributed by atoms with E-state index in [4.69, 9.17) is 5.73 Å². The van der Waals surface area contributed by atoms with Crippen LogP contribution in [-0.2, 0) is 0 Å². The van der Waals surface area contributed by atoms with Crippen molar-refractivity contribution in [3.05, 3.63) is 29.8 Å². The average molecular weight is 204 g/mol. The van der Waals surface area contributed by atoms with Crippen molar-refractivity contribution in [2.24, 2.45) is 5.73 Å². The molecule has 1 aromatic rings. The fraction of sp³-hybridized carbons (Fsp3) is 0.538.